The van der Waals surface area contributed by atoms with Crippen molar-refractivity contribution in [1.29, 1.82) is 0 Å². The fraction of sp³-hybridized carbons (Fsp3) is 0.0909. The van der Waals surface area contributed by atoms with E-state index in [1.807, 2.05) is 0 Å². The van der Waals surface area contributed by atoms with Gasteiger partial charge >= 0.3 is 0 Å². The smallest absolute Gasteiger partial charge is 0.265 e. The quantitative estimate of drug-likeness (QED) is 0.398. The van der Waals surface area contributed by atoms with E-state index in [4.69, 9.17) is 12.2 Å². The third kappa shape index (κ3) is 2.83. The highest BCUT2D eigenvalue weighted by Crippen LogP contribution is 2.10. The zero-order valence-corrected chi connectivity index (χ0v) is 11.1. The Balaban J connectivity index is 2.35. The van der Waals surface area contributed by atoms with Gasteiger partial charge in [-0.15, -0.1) is 0 Å². The third-order valence-corrected chi connectivity index (χ3v) is 2.70. The minimum atomic E-state index is -0.492. The fourth-order valence-corrected chi connectivity index (χ4v) is 1.56. The van der Waals surface area contributed by atoms with Crippen molar-refractivity contribution in [3.05, 3.63) is 60.8 Å². The summed E-state index contributed by atoms with van der Waals surface area (Å²) in [7, 11) is 0. The Kier molecular flexibility index (Phi) is 3.80. The number of nitrogens with zero attached hydrogens (tertiary/aromatic N) is 4. The lowest BCUT2D eigenvalue weighted by Gasteiger charge is -1.99. The molecule has 8 nitrogen and oxygen atoms in total. The van der Waals surface area contributed by atoms with E-state index in [-0.39, 0.29) is 16.2 Å². The molecule has 0 fully saturated rings. The molecule has 0 unspecified atom stereocenters. The van der Waals surface area contributed by atoms with Crippen molar-refractivity contribution in [2.75, 3.05) is 0 Å². The van der Waals surface area contributed by atoms with Crippen LogP contribution in [-0.4, -0.2) is 26.0 Å². The number of hydrogen-bond acceptors (Lipinski definition) is 6. The Bertz CT molecular complexity index is 791. The summed E-state index contributed by atoms with van der Waals surface area (Å²) < 4.78 is 1.07. The lowest BCUT2D eigenvalue weighted by atomic mass is 10.2. The predicted octanol–water partition coefficient (Wildman–Crippen LogP) is 1.40. The molecule has 0 amide bonds. The first-order valence-electron chi connectivity index (χ1n) is 5.46. The van der Waals surface area contributed by atoms with Gasteiger partial charge in [-0.1, -0.05) is 0 Å². The molecular formula is C11H9N5O3S. The Morgan fingerprint density at radius 2 is 2.10 bits per heavy atom. The molecule has 0 saturated carbocycles. The number of hydrogen-bond donors (Lipinski definition) is 1. The van der Waals surface area contributed by atoms with Crippen molar-refractivity contribution in [2.24, 2.45) is 5.10 Å². The van der Waals surface area contributed by atoms with E-state index in [9.17, 15) is 14.9 Å². The molecule has 1 N–H and O–H groups in total. The maximum absolute atomic E-state index is 11.8. The number of H-pyrrole nitrogens is 1. The van der Waals surface area contributed by atoms with Gasteiger partial charge in [0.2, 0.25) is 4.77 Å². The maximum Gasteiger partial charge on any atom is 0.296 e. The number of aromatic amines is 1. The second kappa shape index (κ2) is 5.53. The van der Waals surface area contributed by atoms with Crippen molar-refractivity contribution in [3.63, 3.8) is 0 Å². The molecule has 0 spiro atoms. The highest BCUT2D eigenvalue weighted by Gasteiger charge is 2.03. The van der Waals surface area contributed by atoms with Gasteiger partial charge in [0.25, 0.3) is 11.2 Å². The van der Waals surface area contributed by atoms with Gasteiger partial charge in [0.05, 0.1) is 11.1 Å². The molecule has 0 radical (unpaired) electrons. The van der Waals surface area contributed by atoms with Crippen LogP contribution in [0.5, 0.6) is 0 Å². The number of non-ortho nitro benzene ring substituents is 1. The van der Waals surface area contributed by atoms with E-state index in [1.165, 1.54) is 37.4 Å². The average Bonchev–Trinajstić information content (AvgIpc) is 2.43. The highest BCUT2D eigenvalue weighted by atomic mass is 32.1. The zero-order valence-electron chi connectivity index (χ0n) is 10.3. The lowest BCUT2D eigenvalue weighted by Crippen LogP contribution is -2.22. The number of nitro groups is 1. The molecule has 2 aromatic rings. The number of aryl methyl sites for hydroxylation is 1. The first-order valence-corrected chi connectivity index (χ1v) is 5.87. The standard InChI is InChI=1S/C11H9N5O3S/c1-7-10(17)15(11(20)14-13-7)12-6-8-2-4-9(5-3-8)16(18)19/h2-6H,1H3,(H,14,20)/b12-6+. The normalized spacial score (nSPS) is 10.8. The molecule has 0 bridgehead atoms. The van der Waals surface area contributed by atoms with Crippen LogP contribution >= 0.6 is 12.2 Å². The third-order valence-electron chi connectivity index (χ3n) is 2.44. The van der Waals surface area contributed by atoms with Crippen LogP contribution in [0.4, 0.5) is 5.69 Å². The molecule has 1 heterocycles. The van der Waals surface area contributed by atoms with E-state index >= 15 is 0 Å². The Hall–Kier alpha value is -2.68. The molecule has 1 aromatic carbocycles. The summed E-state index contributed by atoms with van der Waals surface area (Å²) in [4.78, 5) is 21.8. The topological polar surface area (TPSA) is 106 Å². The molecule has 0 aliphatic rings. The van der Waals surface area contributed by atoms with Crippen LogP contribution in [0.2, 0.25) is 0 Å². The Morgan fingerprint density at radius 3 is 2.70 bits per heavy atom. The monoisotopic (exact) mass is 291 g/mol. The number of rotatable bonds is 3. The summed E-state index contributed by atoms with van der Waals surface area (Å²) in [5.41, 5.74) is 0.397. The number of nitrogens with one attached hydrogen (secondary N) is 1. The molecule has 0 aliphatic heterocycles. The van der Waals surface area contributed by atoms with Gasteiger partial charge in [0.1, 0.15) is 5.69 Å². The number of nitro benzene ring substituents is 1. The van der Waals surface area contributed by atoms with Crippen molar-refractivity contribution >= 4 is 24.1 Å². The highest BCUT2D eigenvalue weighted by molar-refractivity contribution is 7.71. The van der Waals surface area contributed by atoms with Crippen molar-refractivity contribution in [2.45, 2.75) is 6.92 Å². The van der Waals surface area contributed by atoms with Crippen LogP contribution in [0.1, 0.15) is 11.3 Å². The van der Waals surface area contributed by atoms with Gasteiger partial charge in [-0.25, -0.2) is 0 Å². The molecule has 2 rings (SSSR count). The van der Waals surface area contributed by atoms with Gasteiger partial charge in [-0.3, -0.25) is 20.0 Å². The van der Waals surface area contributed by atoms with E-state index < -0.39 is 10.5 Å². The van der Waals surface area contributed by atoms with Crippen LogP contribution in [0, 0.1) is 21.8 Å². The van der Waals surface area contributed by atoms with Crippen LogP contribution in [-0.2, 0) is 0 Å². The largest absolute Gasteiger partial charge is 0.296 e. The predicted molar refractivity (Wildman–Crippen MR) is 74.5 cm³/mol. The summed E-state index contributed by atoms with van der Waals surface area (Å²) in [6.07, 6.45) is 1.38. The number of aromatic nitrogens is 3. The molecule has 102 valence electrons. The summed E-state index contributed by atoms with van der Waals surface area (Å²) in [6.45, 7) is 1.53. The van der Waals surface area contributed by atoms with Gasteiger partial charge in [0, 0.05) is 12.1 Å². The summed E-state index contributed by atoms with van der Waals surface area (Å²) >= 11 is 4.91. The minimum absolute atomic E-state index is 0.0173. The minimum Gasteiger partial charge on any atom is -0.265 e. The van der Waals surface area contributed by atoms with E-state index in [0.717, 1.165) is 4.68 Å². The van der Waals surface area contributed by atoms with Gasteiger partial charge in [-0.05, 0) is 36.8 Å². The lowest BCUT2D eigenvalue weighted by molar-refractivity contribution is -0.384. The first kappa shape index (κ1) is 13.7. The second-order valence-corrected chi connectivity index (χ2v) is 4.21. The van der Waals surface area contributed by atoms with Gasteiger partial charge in [-0.2, -0.15) is 14.9 Å². The summed E-state index contributed by atoms with van der Waals surface area (Å²) in [6, 6.07) is 5.74. The Labute approximate surface area is 117 Å². The molecule has 20 heavy (non-hydrogen) atoms. The van der Waals surface area contributed by atoms with Crippen LogP contribution in [0.25, 0.3) is 0 Å². The van der Waals surface area contributed by atoms with Gasteiger partial charge < -0.3 is 0 Å². The summed E-state index contributed by atoms with van der Waals surface area (Å²) in [5.74, 6) is 0. The van der Waals surface area contributed by atoms with Crippen LogP contribution in [0.15, 0.2) is 34.2 Å². The molecule has 9 heteroatoms. The molecule has 1 aromatic heterocycles. The maximum atomic E-state index is 11.8. The average molecular weight is 291 g/mol. The van der Waals surface area contributed by atoms with Crippen molar-refractivity contribution in [3.8, 4) is 0 Å². The fourth-order valence-electron chi connectivity index (χ4n) is 1.38. The molecular weight excluding hydrogens is 282 g/mol. The van der Waals surface area contributed by atoms with E-state index in [0.29, 0.717) is 5.56 Å². The summed E-state index contributed by atoms with van der Waals surface area (Å²) in [5, 5.41) is 20.7. The van der Waals surface area contributed by atoms with Crippen molar-refractivity contribution in [1.82, 2.24) is 14.9 Å². The van der Waals surface area contributed by atoms with E-state index in [2.05, 4.69) is 15.3 Å². The molecule has 0 saturated heterocycles. The second-order valence-electron chi connectivity index (χ2n) is 3.82. The molecule has 0 aliphatic carbocycles. The van der Waals surface area contributed by atoms with Crippen molar-refractivity contribution < 1.29 is 4.92 Å². The van der Waals surface area contributed by atoms with Crippen LogP contribution < -0.4 is 5.56 Å². The van der Waals surface area contributed by atoms with Crippen LogP contribution in [0.3, 0.4) is 0 Å². The zero-order chi connectivity index (χ0) is 14.7. The molecule has 0 atom stereocenters. The Morgan fingerprint density at radius 1 is 1.45 bits per heavy atom. The van der Waals surface area contributed by atoms with E-state index in [1.54, 1.807) is 0 Å². The first-order chi connectivity index (χ1) is 9.49. The number of benzene rings is 1. The SMILES string of the molecule is Cc1n[nH]c(=S)n(/N=C/c2ccc([N+](=O)[O-])cc2)c1=O. The van der Waals surface area contributed by atoms with Gasteiger partial charge in [0.15, 0.2) is 0 Å².